The van der Waals surface area contributed by atoms with Gasteiger partial charge in [-0.25, -0.2) is 28.0 Å². The maximum absolute atomic E-state index is 13.6. The van der Waals surface area contributed by atoms with E-state index in [0.717, 1.165) is 0 Å². The van der Waals surface area contributed by atoms with Crippen molar-refractivity contribution in [2.24, 2.45) is 0 Å². The zero-order valence-corrected chi connectivity index (χ0v) is 29.7. The van der Waals surface area contributed by atoms with Gasteiger partial charge in [-0.3, -0.25) is 5.41 Å². The van der Waals surface area contributed by atoms with E-state index in [9.17, 15) is 18.0 Å². The van der Waals surface area contributed by atoms with Gasteiger partial charge in [0.25, 0.3) is 0 Å². The van der Waals surface area contributed by atoms with E-state index in [1.165, 1.54) is 18.3 Å². The van der Waals surface area contributed by atoms with E-state index in [2.05, 4.69) is 20.8 Å². The van der Waals surface area contributed by atoms with E-state index in [0.29, 0.717) is 33.1 Å². The lowest BCUT2D eigenvalue weighted by molar-refractivity contribution is 0.0429. The molecule has 15 heteroatoms. The molecule has 0 aliphatic carbocycles. The number of anilines is 2. The summed E-state index contributed by atoms with van der Waals surface area (Å²) in [6.07, 6.45) is -0.760. The van der Waals surface area contributed by atoms with Crippen molar-refractivity contribution in [1.29, 1.82) is 5.41 Å². The normalized spacial score (nSPS) is 12.0. The van der Waals surface area contributed by atoms with Gasteiger partial charge >= 0.3 is 12.2 Å². The molecule has 49 heavy (non-hydrogen) atoms. The average Bonchev–Trinajstić information content (AvgIpc) is 3.50. The molecule has 0 bridgehead atoms. The largest absolute Gasteiger partial charge is 0.443 e. The van der Waals surface area contributed by atoms with Crippen molar-refractivity contribution in [1.82, 2.24) is 20.4 Å². The van der Waals surface area contributed by atoms with Crippen LogP contribution in [0.1, 0.15) is 55.4 Å². The molecule has 0 fully saturated rings. The smallest absolute Gasteiger partial charge is 0.425 e. The number of hydrogen-bond donors (Lipinski definition) is 3. The number of carbonyl (C=O) groups is 2. The molecule has 0 saturated heterocycles. The Morgan fingerprint density at radius 1 is 0.878 bits per heavy atom. The first-order valence-corrected chi connectivity index (χ1v) is 16.9. The van der Waals surface area contributed by atoms with Crippen LogP contribution in [-0.2, 0) is 19.3 Å². The second kappa shape index (κ2) is 14.0. The fourth-order valence-corrected chi connectivity index (χ4v) is 5.31. The molecule has 2 amide bonds. The Labute approximate surface area is 285 Å². The molecule has 4 aromatic rings. The van der Waals surface area contributed by atoms with E-state index in [-0.39, 0.29) is 28.1 Å². The molecule has 14 nitrogen and oxygen atoms in total. The first-order valence-electron chi connectivity index (χ1n) is 15.4. The Bertz CT molecular complexity index is 1910. The summed E-state index contributed by atoms with van der Waals surface area (Å²) in [6.45, 7) is 13.1. The molecular formula is C34H41N7O7S. The SMILES string of the molecule is CNC(=N)Nc1ccc(-c2cc(-c3nc(-c4ccc(S(=O)(=O)C(C)C)cc4)cnc3N(C(=O)OC(C)(C)C)C(=O)OC(C)(C)C)on2)cc1. The number of rotatable bonds is 7. The van der Waals surface area contributed by atoms with Crippen LogP contribution in [0.2, 0.25) is 0 Å². The highest BCUT2D eigenvalue weighted by Gasteiger charge is 2.37. The number of benzene rings is 2. The lowest BCUT2D eigenvalue weighted by Gasteiger charge is -2.28. The molecular weight excluding hydrogens is 650 g/mol. The van der Waals surface area contributed by atoms with Gasteiger partial charge in [-0.1, -0.05) is 29.4 Å². The highest BCUT2D eigenvalue weighted by atomic mass is 32.2. The third kappa shape index (κ3) is 8.99. The number of ether oxygens (including phenoxy) is 2. The topological polar surface area (TPSA) is 190 Å². The summed E-state index contributed by atoms with van der Waals surface area (Å²) >= 11 is 0. The molecule has 0 spiro atoms. The zero-order valence-electron chi connectivity index (χ0n) is 28.9. The summed E-state index contributed by atoms with van der Waals surface area (Å²) in [5.41, 5.74) is 0.565. The number of sulfone groups is 1. The highest BCUT2D eigenvalue weighted by Crippen LogP contribution is 2.35. The summed E-state index contributed by atoms with van der Waals surface area (Å²) in [6, 6.07) is 14.8. The number of guanidine groups is 1. The summed E-state index contributed by atoms with van der Waals surface area (Å²) in [7, 11) is -1.88. The van der Waals surface area contributed by atoms with Crippen LogP contribution < -0.4 is 15.5 Å². The van der Waals surface area contributed by atoms with Gasteiger partial charge in [0.1, 0.15) is 16.9 Å². The van der Waals surface area contributed by atoms with Gasteiger partial charge in [0, 0.05) is 29.9 Å². The summed E-state index contributed by atoms with van der Waals surface area (Å²) < 4.78 is 42.3. The number of hydrogen-bond acceptors (Lipinski definition) is 11. The molecule has 2 aromatic heterocycles. The Balaban J connectivity index is 1.86. The number of nitrogens with one attached hydrogen (secondary N) is 3. The van der Waals surface area contributed by atoms with E-state index in [1.807, 2.05) is 0 Å². The first-order chi connectivity index (χ1) is 22.8. The van der Waals surface area contributed by atoms with Crippen LogP contribution in [-0.4, -0.2) is 65.2 Å². The molecule has 0 atom stereocenters. The third-order valence-corrected chi connectivity index (χ3v) is 8.83. The van der Waals surface area contributed by atoms with Gasteiger partial charge in [0.2, 0.25) is 0 Å². The van der Waals surface area contributed by atoms with Gasteiger partial charge in [-0.2, -0.15) is 4.90 Å². The molecule has 260 valence electrons. The molecule has 0 radical (unpaired) electrons. The number of nitrogens with zero attached hydrogens (tertiary/aromatic N) is 4. The van der Waals surface area contributed by atoms with Gasteiger partial charge in [0.05, 0.1) is 22.0 Å². The molecule has 2 aromatic carbocycles. The van der Waals surface area contributed by atoms with Gasteiger partial charge < -0.3 is 24.6 Å². The minimum atomic E-state index is -3.51. The van der Waals surface area contributed by atoms with E-state index in [4.69, 9.17) is 24.4 Å². The maximum Gasteiger partial charge on any atom is 0.425 e. The fourth-order valence-electron chi connectivity index (χ4n) is 4.25. The van der Waals surface area contributed by atoms with Crippen molar-refractivity contribution in [3.05, 3.63) is 60.8 Å². The predicted octanol–water partition coefficient (Wildman–Crippen LogP) is 6.89. The quantitative estimate of drug-likeness (QED) is 0.135. The molecule has 0 unspecified atom stereocenters. The molecule has 2 heterocycles. The highest BCUT2D eigenvalue weighted by molar-refractivity contribution is 7.92. The van der Waals surface area contributed by atoms with Crippen molar-refractivity contribution < 1.29 is 32.0 Å². The van der Waals surface area contributed by atoms with Crippen molar-refractivity contribution >= 4 is 39.5 Å². The Morgan fingerprint density at radius 3 is 1.92 bits per heavy atom. The number of imide groups is 1. The Hall–Kier alpha value is -5.31. The van der Waals surface area contributed by atoms with E-state index < -0.39 is 38.5 Å². The first kappa shape index (κ1) is 36.5. The third-order valence-electron chi connectivity index (χ3n) is 6.66. The standard InChI is InChI=1S/C34H41N7O7S/c1-20(2)49(44,45)24-16-12-22(13-17-24)26-19-37-29(41(31(42)46-33(3,4)5)32(43)47-34(6,7)8)28(39-26)27-18-25(40-48-27)21-10-14-23(15-11-21)38-30(35)36-9/h10-20H,1-9H3,(H3,35,36,38). The molecule has 0 aliphatic heterocycles. The van der Waals surface area contributed by atoms with Gasteiger partial charge in [-0.15, -0.1) is 0 Å². The van der Waals surface area contributed by atoms with Crippen molar-refractivity contribution in [3.8, 4) is 34.0 Å². The lowest BCUT2D eigenvalue weighted by Crippen LogP contribution is -2.44. The van der Waals surface area contributed by atoms with Crippen LogP contribution in [0.25, 0.3) is 34.0 Å². The van der Waals surface area contributed by atoms with Crippen LogP contribution in [0.15, 0.2) is 70.2 Å². The maximum atomic E-state index is 13.6. The second-order valence-corrected chi connectivity index (χ2v) is 15.7. The molecule has 4 rings (SSSR count). The Morgan fingerprint density at radius 2 is 1.41 bits per heavy atom. The van der Waals surface area contributed by atoms with Crippen LogP contribution in [0, 0.1) is 5.41 Å². The minimum absolute atomic E-state index is 0.0346. The molecule has 0 saturated carbocycles. The van der Waals surface area contributed by atoms with Crippen LogP contribution >= 0.6 is 0 Å². The van der Waals surface area contributed by atoms with E-state index >= 15 is 0 Å². The van der Waals surface area contributed by atoms with Gasteiger partial charge in [0.15, 0.2) is 33.1 Å². The monoisotopic (exact) mass is 691 g/mol. The van der Waals surface area contributed by atoms with Crippen LogP contribution in [0.5, 0.6) is 0 Å². The van der Waals surface area contributed by atoms with Crippen LogP contribution in [0.4, 0.5) is 21.1 Å². The fraction of sp³-hybridized carbons (Fsp3) is 0.353. The molecule has 0 aliphatic rings. The van der Waals surface area contributed by atoms with E-state index in [1.54, 1.807) is 105 Å². The number of aromatic nitrogens is 3. The van der Waals surface area contributed by atoms with Crippen molar-refractivity contribution in [2.75, 3.05) is 17.3 Å². The average molecular weight is 692 g/mol. The summed E-state index contributed by atoms with van der Waals surface area (Å²) in [5.74, 6) is -0.0492. The predicted molar refractivity (Wildman–Crippen MR) is 186 cm³/mol. The number of amides is 2. The van der Waals surface area contributed by atoms with Gasteiger partial charge in [-0.05, 0) is 79.7 Å². The molecule has 3 N–H and O–H groups in total. The second-order valence-electron chi connectivity index (χ2n) is 13.2. The summed E-state index contributed by atoms with van der Waals surface area (Å²) in [4.78, 5) is 37.2. The summed E-state index contributed by atoms with van der Waals surface area (Å²) in [5, 5.41) is 17.0. The van der Waals surface area contributed by atoms with Crippen LogP contribution in [0.3, 0.4) is 0 Å². The van der Waals surface area contributed by atoms with Crippen molar-refractivity contribution in [3.63, 3.8) is 0 Å². The minimum Gasteiger partial charge on any atom is -0.443 e. The van der Waals surface area contributed by atoms with Crippen molar-refractivity contribution in [2.45, 2.75) is 76.7 Å². The number of carbonyl (C=O) groups excluding carboxylic acids is 2. The zero-order chi connectivity index (χ0) is 36.3. The Kier molecular flexibility index (Phi) is 10.5. The lowest BCUT2D eigenvalue weighted by atomic mass is 10.1.